The van der Waals surface area contributed by atoms with E-state index in [2.05, 4.69) is 29.3 Å². The van der Waals surface area contributed by atoms with Crippen LogP contribution in [0.3, 0.4) is 0 Å². The lowest BCUT2D eigenvalue weighted by Gasteiger charge is -2.31. The summed E-state index contributed by atoms with van der Waals surface area (Å²) in [5.74, 6) is 0.772. The third-order valence-electron chi connectivity index (χ3n) is 5.07. The van der Waals surface area contributed by atoms with E-state index in [0.29, 0.717) is 24.4 Å². The quantitative estimate of drug-likeness (QED) is 0.871. The third-order valence-corrected chi connectivity index (χ3v) is 5.07. The highest BCUT2D eigenvalue weighted by atomic mass is 16.5. The summed E-state index contributed by atoms with van der Waals surface area (Å²) in [5, 5.41) is 3.25. The van der Waals surface area contributed by atoms with Crippen molar-refractivity contribution in [3.63, 3.8) is 0 Å². The molecule has 1 N–H and O–H groups in total. The Bertz CT molecular complexity index is 514. The van der Waals surface area contributed by atoms with Gasteiger partial charge in [-0.2, -0.15) is 0 Å². The van der Waals surface area contributed by atoms with Crippen molar-refractivity contribution in [1.82, 2.24) is 10.2 Å². The second-order valence-electron chi connectivity index (χ2n) is 6.71. The molecule has 3 rings (SSSR count). The second kappa shape index (κ2) is 6.80. The molecule has 22 heavy (non-hydrogen) atoms. The summed E-state index contributed by atoms with van der Waals surface area (Å²) >= 11 is 0. The van der Waals surface area contributed by atoms with E-state index in [1.54, 1.807) is 7.11 Å². The van der Waals surface area contributed by atoms with Crippen LogP contribution in [0.4, 0.5) is 0 Å². The number of nitrogens with one attached hydrogen (secondary N) is 1. The van der Waals surface area contributed by atoms with Gasteiger partial charge in [0.05, 0.1) is 13.0 Å². The first-order valence-electron chi connectivity index (χ1n) is 8.23. The lowest BCUT2D eigenvalue weighted by atomic mass is 10.0. The van der Waals surface area contributed by atoms with Crippen LogP contribution in [-0.4, -0.2) is 49.7 Å². The molecule has 0 aromatic heterocycles. The Kier molecular flexibility index (Phi) is 4.79. The third kappa shape index (κ3) is 3.50. The van der Waals surface area contributed by atoms with E-state index in [9.17, 15) is 4.79 Å². The van der Waals surface area contributed by atoms with Gasteiger partial charge >= 0.3 is 0 Å². The topological polar surface area (TPSA) is 41.6 Å². The van der Waals surface area contributed by atoms with Crippen LogP contribution in [0.25, 0.3) is 0 Å². The minimum absolute atomic E-state index is 0.157. The number of aryl methyl sites for hydroxylation is 1. The Morgan fingerprint density at radius 2 is 2.09 bits per heavy atom. The van der Waals surface area contributed by atoms with E-state index in [1.807, 2.05) is 12.1 Å². The van der Waals surface area contributed by atoms with Gasteiger partial charge in [0.1, 0.15) is 0 Å². The molecule has 2 fully saturated rings. The van der Waals surface area contributed by atoms with E-state index < -0.39 is 0 Å². The summed E-state index contributed by atoms with van der Waals surface area (Å²) in [5.41, 5.74) is 2.32. The van der Waals surface area contributed by atoms with Gasteiger partial charge in [0.15, 0.2) is 0 Å². The van der Waals surface area contributed by atoms with Gasteiger partial charge in [-0.3, -0.25) is 9.69 Å². The van der Waals surface area contributed by atoms with E-state index in [-0.39, 0.29) is 5.91 Å². The normalized spacial score (nSPS) is 27.3. The lowest BCUT2D eigenvalue weighted by molar-refractivity contribution is -0.121. The first-order chi connectivity index (χ1) is 10.7. The van der Waals surface area contributed by atoms with Crippen LogP contribution in [0.2, 0.25) is 0 Å². The van der Waals surface area contributed by atoms with Crippen LogP contribution >= 0.6 is 0 Å². The van der Waals surface area contributed by atoms with Gasteiger partial charge in [-0.1, -0.05) is 29.8 Å². The van der Waals surface area contributed by atoms with Crippen LogP contribution in [0.1, 0.15) is 24.0 Å². The van der Waals surface area contributed by atoms with E-state index >= 15 is 0 Å². The average molecular weight is 302 g/mol. The number of ether oxygens (including phenoxy) is 1. The van der Waals surface area contributed by atoms with Gasteiger partial charge in [0.25, 0.3) is 0 Å². The summed E-state index contributed by atoms with van der Waals surface area (Å²) < 4.78 is 5.17. The molecule has 0 radical (unpaired) electrons. The SMILES string of the molecule is COCCN1C[C@H]2C[C@H]1C[C@H]2NC(=O)Cc1ccc(C)cc1. The van der Waals surface area contributed by atoms with Gasteiger partial charge in [0.2, 0.25) is 5.91 Å². The summed E-state index contributed by atoms with van der Waals surface area (Å²) in [7, 11) is 1.75. The van der Waals surface area contributed by atoms with Crippen molar-refractivity contribution in [1.29, 1.82) is 0 Å². The fourth-order valence-electron chi connectivity index (χ4n) is 3.85. The van der Waals surface area contributed by atoms with E-state index in [4.69, 9.17) is 4.74 Å². The maximum atomic E-state index is 12.2. The molecule has 1 aromatic carbocycles. The van der Waals surface area contributed by atoms with Crippen molar-refractivity contribution in [3.05, 3.63) is 35.4 Å². The Morgan fingerprint density at radius 1 is 1.32 bits per heavy atom. The number of carbonyl (C=O) groups is 1. The molecule has 1 aliphatic heterocycles. The fraction of sp³-hybridized carbons (Fsp3) is 0.611. The van der Waals surface area contributed by atoms with Crippen molar-refractivity contribution in [3.8, 4) is 0 Å². The fourth-order valence-corrected chi connectivity index (χ4v) is 3.85. The van der Waals surface area contributed by atoms with Crippen LogP contribution in [0, 0.1) is 12.8 Å². The number of likely N-dealkylation sites (tertiary alicyclic amines) is 1. The van der Waals surface area contributed by atoms with Crippen LogP contribution < -0.4 is 5.32 Å². The number of piperidine rings is 1. The summed E-state index contributed by atoms with van der Waals surface area (Å²) in [4.78, 5) is 14.7. The number of nitrogens with zero attached hydrogens (tertiary/aromatic N) is 1. The number of methoxy groups -OCH3 is 1. The predicted octanol–water partition coefficient (Wildman–Crippen LogP) is 1.76. The lowest BCUT2D eigenvalue weighted by Crippen LogP contribution is -2.46. The van der Waals surface area contributed by atoms with Crippen molar-refractivity contribution in [2.24, 2.45) is 5.92 Å². The molecule has 2 aliphatic rings. The van der Waals surface area contributed by atoms with Crippen molar-refractivity contribution < 1.29 is 9.53 Å². The first kappa shape index (κ1) is 15.5. The number of hydrogen-bond donors (Lipinski definition) is 1. The molecule has 1 heterocycles. The zero-order valence-electron chi connectivity index (χ0n) is 13.5. The van der Waals surface area contributed by atoms with Gasteiger partial charge in [-0.25, -0.2) is 0 Å². The predicted molar refractivity (Wildman–Crippen MR) is 86.8 cm³/mol. The maximum Gasteiger partial charge on any atom is 0.224 e. The van der Waals surface area contributed by atoms with Gasteiger partial charge in [0, 0.05) is 32.3 Å². The maximum absolute atomic E-state index is 12.2. The summed E-state index contributed by atoms with van der Waals surface area (Å²) in [6.45, 7) is 4.98. The largest absolute Gasteiger partial charge is 0.383 e. The Morgan fingerprint density at radius 3 is 2.73 bits per heavy atom. The number of fused-ring (bicyclic) bond motifs is 2. The second-order valence-corrected chi connectivity index (χ2v) is 6.71. The monoisotopic (exact) mass is 302 g/mol. The molecule has 1 aromatic rings. The number of benzene rings is 1. The molecule has 0 unspecified atom stereocenters. The van der Waals surface area contributed by atoms with Crippen molar-refractivity contribution in [2.75, 3.05) is 26.8 Å². The molecule has 0 spiro atoms. The van der Waals surface area contributed by atoms with Crippen LogP contribution in [0.15, 0.2) is 24.3 Å². The number of rotatable bonds is 6. The highest BCUT2D eigenvalue weighted by Crippen LogP contribution is 2.37. The molecule has 4 heteroatoms. The van der Waals surface area contributed by atoms with E-state index in [0.717, 1.165) is 31.7 Å². The molecule has 1 saturated carbocycles. The molecular weight excluding hydrogens is 276 g/mol. The van der Waals surface area contributed by atoms with Crippen LogP contribution in [0.5, 0.6) is 0 Å². The molecule has 120 valence electrons. The van der Waals surface area contributed by atoms with Gasteiger partial charge in [-0.15, -0.1) is 0 Å². The molecule has 1 saturated heterocycles. The molecule has 1 amide bonds. The molecule has 3 atom stereocenters. The standard InChI is InChI=1S/C18H26N2O2/c1-13-3-5-14(6-4-13)9-18(21)19-17-11-16-10-15(17)12-20(16)7-8-22-2/h3-6,15-17H,7-12H2,1-2H3,(H,19,21)/t15-,16+,17-/m1/s1. The minimum atomic E-state index is 0.157. The summed E-state index contributed by atoms with van der Waals surface area (Å²) in [6.07, 6.45) is 2.80. The van der Waals surface area contributed by atoms with Crippen LogP contribution in [-0.2, 0) is 16.0 Å². The highest BCUT2D eigenvalue weighted by Gasteiger charge is 2.44. The number of carbonyl (C=O) groups excluding carboxylic acids is 1. The Balaban J connectivity index is 1.47. The molecule has 4 nitrogen and oxygen atoms in total. The minimum Gasteiger partial charge on any atom is -0.383 e. The van der Waals surface area contributed by atoms with Crippen molar-refractivity contribution >= 4 is 5.91 Å². The number of hydrogen-bond acceptors (Lipinski definition) is 3. The molecule has 2 bridgehead atoms. The molecule has 1 aliphatic carbocycles. The molecular formula is C18H26N2O2. The Labute approximate surface area is 132 Å². The zero-order chi connectivity index (χ0) is 15.5. The van der Waals surface area contributed by atoms with Gasteiger partial charge in [-0.05, 0) is 31.2 Å². The number of amides is 1. The zero-order valence-corrected chi connectivity index (χ0v) is 13.5. The smallest absolute Gasteiger partial charge is 0.224 e. The van der Waals surface area contributed by atoms with Gasteiger partial charge < -0.3 is 10.1 Å². The van der Waals surface area contributed by atoms with Crippen molar-refractivity contribution in [2.45, 2.75) is 38.3 Å². The Hall–Kier alpha value is -1.39. The average Bonchev–Trinajstić information content (AvgIpc) is 3.07. The highest BCUT2D eigenvalue weighted by molar-refractivity contribution is 5.79. The summed E-state index contributed by atoms with van der Waals surface area (Å²) in [6, 6.07) is 9.21. The first-order valence-corrected chi connectivity index (χ1v) is 8.23. The van der Waals surface area contributed by atoms with E-state index in [1.165, 1.54) is 12.0 Å².